The number of amides is 4. The summed E-state index contributed by atoms with van der Waals surface area (Å²) in [4.78, 5) is 52.6. The van der Waals surface area contributed by atoms with Gasteiger partial charge in [0.1, 0.15) is 17.0 Å². The number of likely N-dealkylation sites (tertiary alicyclic amines) is 1. The van der Waals surface area contributed by atoms with Crippen molar-refractivity contribution in [3.63, 3.8) is 0 Å². The Kier molecular flexibility index (Phi) is 8.44. The van der Waals surface area contributed by atoms with Gasteiger partial charge < -0.3 is 14.8 Å². The summed E-state index contributed by atoms with van der Waals surface area (Å²) in [5.74, 6) is 0.0818. The third-order valence-electron chi connectivity index (χ3n) is 8.25. The minimum atomic E-state index is -4.63. The van der Waals surface area contributed by atoms with Crippen molar-refractivity contribution in [1.29, 1.82) is 0 Å². The Morgan fingerprint density at radius 1 is 1.06 bits per heavy atom. The minimum Gasteiger partial charge on any atom is -0.440 e. The fourth-order valence-electron chi connectivity index (χ4n) is 5.72. The van der Waals surface area contributed by atoms with E-state index in [2.05, 4.69) is 25.5 Å². The Morgan fingerprint density at radius 2 is 1.83 bits per heavy atom. The topological polar surface area (TPSA) is 154 Å². The molecule has 0 unspecified atom stereocenters. The van der Waals surface area contributed by atoms with E-state index in [9.17, 15) is 32.7 Å². The number of hydrogen-bond donors (Lipinski definition) is 3. The zero-order valence-electron chi connectivity index (χ0n) is 25.6. The number of fused-ring (bicyclic) bond motifs is 1. The van der Waals surface area contributed by atoms with Crippen LogP contribution in [0.1, 0.15) is 72.1 Å². The molecule has 0 saturated carbocycles. The van der Waals surface area contributed by atoms with Crippen molar-refractivity contribution in [2.75, 3.05) is 29.9 Å². The van der Waals surface area contributed by atoms with Gasteiger partial charge in [-0.25, -0.2) is 14.8 Å². The number of halogens is 3. The molecule has 2 saturated heterocycles. The fourth-order valence-corrected chi connectivity index (χ4v) is 5.72. The minimum absolute atomic E-state index is 0.0429. The number of anilines is 2. The van der Waals surface area contributed by atoms with Gasteiger partial charge in [-0.1, -0.05) is 6.07 Å². The second kappa shape index (κ2) is 12.4. The van der Waals surface area contributed by atoms with Crippen LogP contribution in [0.15, 0.2) is 53.2 Å². The van der Waals surface area contributed by atoms with Crippen LogP contribution in [0.25, 0.3) is 11.1 Å². The first-order chi connectivity index (χ1) is 22.2. The number of urea groups is 1. The number of hydrogen-bond acceptors (Lipinski definition) is 9. The number of carbonyl (C=O) groups excluding carboxylic acids is 3. The molecule has 0 bridgehead atoms. The van der Waals surface area contributed by atoms with Gasteiger partial charge in [0.25, 0.3) is 5.91 Å². The summed E-state index contributed by atoms with van der Waals surface area (Å²) in [6, 6.07) is 8.19. The summed E-state index contributed by atoms with van der Waals surface area (Å²) in [5, 5.41) is 15.8. The predicted molar refractivity (Wildman–Crippen MR) is 163 cm³/mol. The molecule has 2 fully saturated rings. The molecule has 2 aliphatic rings. The van der Waals surface area contributed by atoms with Gasteiger partial charge in [0, 0.05) is 49.5 Å². The number of benzene rings is 1. The van der Waals surface area contributed by atoms with Crippen LogP contribution in [0.5, 0.6) is 0 Å². The van der Waals surface area contributed by atoms with E-state index in [1.54, 1.807) is 38.2 Å². The summed E-state index contributed by atoms with van der Waals surface area (Å²) in [7, 11) is 0. The molecular weight excluding hydrogens is 619 g/mol. The van der Waals surface area contributed by atoms with Crippen molar-refractivity contribution in [1.82, 2.24) is 25.2 Å². The molecule has 246 valence electrons. The SMILES string of the molecule is CC(C)(O)c1cc2nc(C3CCN(Cc4ccc(N5CCC(=O)NC5=O)nc4)CC3)oc2cc1NC(=O)c1ccc(C(F)(F)F)nc1. The van der Waals surface area contributed by atoms with Crippen molar-refractivity contribution >= 4 is 40.5 Å². The van der Waals surface area contributed by atoms with Crippen LogP contribution in [0.3, 0.4) is 0 Å². The third kappa shape index (κ3) is 7.10. The fraction of sp³-hybridized carbons (Fsp3) is 0.375. The van der Waals surface area contributed by atoms with Crippen molar-refractivity contribution in [2.45, 2.75) is 57.3 Å². The Hall–Kier alpha value is -4.89. The monoisotopic (exact) mass is 651 g/mol. The number of pyridine rings is 2. The molecule has 3 N–H and O–H groups in total. The highest BCUT2D eigenvalue weighted by Crippen LogP contribution is 2.36. The Balaban J connectivity index is 1.11. The van der Waals surface area contributed by atoms with E-state index in [4.69, 9.17) is 9.40 Å². The maximum atomic E-state index is 12.9. The highest BCUT2D eigenvalue weighted by Gasteiger charge is 2.33. The van der Waals surface area contributed by atoms with E-state index in [0.29, 0.717) is 34.9 Å². The molecule has 3 aromatic heterocycles. The highest BCUT2D eigenvalue weighted by atomic mass is 19.4. The number of nitrogens with zero attached hydrogens (tertiary/aromatic N) is 5. The largest absolute Gasteiger partial charge is 0.440 e. The number of aromatic nitrogens is 3. The smallest absolute Gasteiger partial charge is 0.433 e. The van der Waals surface area contributed by atoms with Crippen LogP contribution in [0.4, 0.5) is 29.5 Å². The number of piperidine rings is 1. The van der Waals surface area contributed by atoms with Gasteiger partial charge in [0.05, 0.1) is 16.9 Å². The number of nitrogens with one attached hydrogen (secondary N) is 2. The first kappa shape index (κ1) is 32.1. The standard InChI is InChI=1S/C32H32F3N7O5/c1-31(2,46)21-13-23-24(14-22(21)38-28(44)20-4-5-25(36-16-20)32(33,34)35)47-29(39-23)19-7-10-41(11-8-19)17-18-3-6-26(37-15-18)42-12-9-27(43)40-30(42)45/h3-6,13-16,19,46H,7-12,17H2,1-2H3,(H,38,44)(H,40,43,45). The van der Waals surface area contributed by atoms with Gasteiger partial charge in [-0.15, -0.1) is 0 Å². The number of carbonyl (C=O) groups is 3. The number of imide groups is 1. The van der Waals surface area contributed by atoms with Crippen LogP contribution in [0.2, 0.25) is 0 Å². The molecule has 2 aliphatic heterocycles. The third-order valence-corrected chi connectivity index (χ3v) is 8.25. The van der Waals surface area contributed by atoms with Crippen molar-refractivity contribution in [2.24, 2.45) is 0 Å². The quantitative estimate of drug-likeness (QED) is 0.252. The Bertz CT molecular complexity index is 1810. The maximum Gasteiger partial charge on any atom is 0.433 e. The van der Waals surface area contributed by atoms with Crippen molar-refractivity contribution < 1.29 is 37.1 Å². The number of oxazole rings is 1. The lowest BCUT2D eigenvalue weighted by molar-refractivity contribution is -0.141. The molecule has 0 spiro atoms. The molecule has 6 rings (SSSR count). The molecule has 47 heavy (non-hydrogen) atoms. The molecule has 15 heteroatoms. The molecule has 4 aromatic rings. The lowest BCUT2D eigenvalue weighted by Gasteiger charge is -2.30. The molecule has 5 heterocycles. The summed E-state index contributed by atoms with van der Waals surface area (Å²) in [5.41, 5.74) is -0.0775. The molecule has 12 nitrogen and oxygen atoms in total. The zero-order chi connectivity index (χ0) is 33.5. The second-order valence-corrected chi connectivity index (χ2v) is 12.2. The summed E-state index contributed by atoms with van der Waals surface area (Å²) in [6.07, 6.45) is -0.252. The maximum absolute atomic E-state index is 12.9. The van der Waals surface area contributed by atoms with Crippen molar-refractivity contribution in [3.8, 4) is 0 Å². The summed E-state index contributed by atoms with van der Waals surface area (Å²) in [6.45, 7) is 5.62. The van der Waals surface area contributed by atoms with E-state index >= 15 is 0 Å². The Labute approximate surface area is 267 Å². The number of rotatable bonds is 7. The van der Waals surface area contributed by atoms with Crippen molar-refractivity contribution in [3.05, 3.63) is 77.1 Å². The lowest BCUT2D eigenvalue weighted by atomic mass is 9.95. The van der Waals surface area contributed by atoms with E-state index in [0.717, 1.165) is 49.8 Å². The van der Waals surface area contributed by atoms with Crippen LogP contribution in [-0.2, 0) is 23.1 Å². The van der Waals surface area contributed by atoms with Crippen LogP contribution >= 0.6 is 0 Å². The average molecular weight is 652 g/mol. The van der Waals surface area contributed by atoms with E-state index in [-0.39, 0.29) is 36.0 Å². The first-order valence-electron chi connectivity index (χ1n) is 15.0. The molecular formula is C32H32F3N7O5. The van der Waals surface area contributed by atoms with Crippen LogP contribution < -0.4 is 15.5 Å². The number of alkyl halides is 3. The van der Waals surface area contributed by atoms with Crippen LogP contribution in [0, 0.1) is 0 Å². The molecule has 1 aromatic carbocycles. The van der Waals surface area contributed by atoms with Gasteiger partial charge in [-0.3, -0.25) is 29.7 Å². The van der Waals surface area contributed by atoms with Gasteiger partial charge in [0.15, 0.2) is 11.5 Å². The highest BCUT2D eigenvalue weighted by molar-refractivity contribution is 6.06. The van der Waals surface area contributed by atoms with E-state index in [1.807, 2.05) is 6.07 Å². The normalized spacial score (nSPS) is 16.9. The molecule has 4 amide bonds. The summed E-state index contributed by atoms with van der Waals surface area (Å²) >= 11 is 0. The van der Waals surface area contributed by atoms with Gasteiger partial charge in [-0.05, 0) is 69.6 Å². The Morgan fingerprint density at radius 3 is 2.45 bits per heavy atom. The molecule has 0 atom stereocenters. The average Bonchev–Trinajstić information content (AvgIpc) is 3.44. The first-order valence-corrected chi connectivity index (χ1v) is 15.0. The van der Waals surface area contributed by atoms with E-state index in [1.165, 1.54) is 4.90 Å². The van der Waals surface area contributed by atoms with Crippen LogP contribution in [-0.4, -0.2) is 62.4 Å². The van der Waals surface area contributed by atoms with Gasteiger partial charge in [0.2, 0.25) is 5.91 Å². The number of aliphatic hydroxyl groups is 1. The lowest BCUT2D eigenvalue weighted by Crippen LogP contribution is -2.49. The summed E-state index contributed by atoms with van der Waals surface area (Å²) < 4.78 is 44.8. The van der Waals surface area contributed by atoms with E-state index < -0.39 is 29.4 Å². The second-order valence-electron chi connectivity index (χ2n) is 12.2. The molecule has 0 aliphatic carbocycles. The molecule has 0 radical (unpaired) electrons. The zero-order valence-corrected chi connectivity index (χ0v) is 25.6. The van der Waals surface area contributed by atoms with Gasteiger partial charge >= 0.3 is 12.2 Å². The van der Waals surface area contributed by atoms with Gasteiger partial charge in [-0.2, -0.15) is 13.2 Å². The predicted octanol–water partition coefficient (Wildman–Crippen LogP) is 4.94.